The highest BCUT2D eigenvalue weighted by molar-refractivity contribution is 7.86. The average Bonchev–Trinajstić information content (AvgIpc) is 2.25. The normalized spacial score (nSPS) is 20.4. The molecule has 17 heavy (non-hydrogen) atoms. The standard InChI is InChI=1S/C11H25N3O2S/c1-10(2)14(9-6-12)17(15,16)13-7-4-11(3)5-8-13/h10-11H,4-9,12H2,1-3H3. The van der Waals surface area contributed by atoms with Gasteiger partial charge in [0.1, 0.15) is 0 Å². The van der Waals surface area contributed by atoms with Crippen LogP contribution in [0.5, 0.6) is 0 Å². The Morgan fingerprint density at radius 3 is 2.29 bits per heavy atom. The SMILES string of the molecule is CC1CCN(S(=O)(=O)N(CCN)C(C)C)CC1. The van der Waals surface area contributed by atoms with E-state index in [4.69, 9.17) is 5.73 Å². The van der Waals surface area contributed by atoms with Gasteiger partial charge in [0, 0.05) is 32.2 Å². The molecule has 1 aliphatic rings. The molecule has 6 heteroatoms. The molecule has 1 aliphatic heterocycles. The first kappa shape index (κ1) is 14.9. The van der Waals surface area contributed by atoms with Gasteiger partial charge in [-0.3, -0.25) is 0 Å². The van der Waals surface area contributed by atoms with Crippen molar-refractivity contribution in [2.24, 2.45) is 11.7 Å². The largest absolute Gasteiger partial charge is 0.329 e. The second kappa shape index (κ2) is 6.13. The van der Waals surface area contributed by atoms with Gasteiger partial charge in [-0.2, -0.15) is 17.0 Å². The number of nitrogens with two attached hydrogens (primary N) is 1. The van der Waals surface area contributed by atoms with Gasteiger partial charge in [0.15, 0.2) is 0 Å². The molecule has 0 radical (unpaired) electrons. The Morgan fingerprint density at radius 2 is 1.88 bits per heavy atom. The Kier molecular flexibility index (Phi) is 5.37. The van der Waals surface area contributed by atoms with Gasteiger partial charge in [-0.05, 0) is 32.6 Å². The van der Waals surface area contributed by atoms with E-state index >= 15 is 0 Å². The fraction of sp³-hybridized carbons (Fsp3) is 1.00. The van der Waals surface area contributed by atoms with Crippen LogP contribution < -0.4 is 5.73 Å². The van der Waals surface area contributed by atoms with Gasteiger partial charge in [0.05, 0.1) is 0 Å². The Balaban J connectivity index is 2.77. The monoisotopic (exact) mass is 263 g/mol. The van der Waals surface area contributed by atoms with Crippen molar-refractivity contribution in [3.63, 3.8) is 0 Å². The molecule has 1 fully saturated rings. The molecule has 0 spiro atoms. The Bertz CT molecular complexity index is 322. The van der Waals surface area contributed by atoms with E-state index in [-0.39, 0.29) is 6.04 Å². The summed E-state index contributed by atoms with van der Waals surface area (Å²) in [5.41, 5.74) is 5.49. The van der Waals surface area contributed by atoms with Crippen LogP contribution in [-0.4, -0.2) is 49.2 Å². The van der Waals surface area contributed by atoms with Gasteiger partial charge < -0.3 is 5.73 Å². The zero-order valence-electron chi connectivity index (χ0n) is 11.1. The summed E-state index contributed by atoms with van der Waals surface area (Å²) < 4.78 is 27.9. The maximum Gasteiger partial charge on any atom is 0.282 e. The molecule has 0 amide bonds. The van der Waals surface area contributed by atoms with E-state index in [2.05, 4.69) is 6.92 Å². The van der Waals surface area contributed by atoms with Crippen LogP contribution in [0.25, 0.3) is 0 Å². The van der Waals surface area contributed by atoms with Gasteiger partial charge >= 0.3 is 0 Å². The molecule has 0 atom stereocenters. The molecular formula is C11H25N3O2S. The summed E-state index contributed by atoms with van der Waals surface area (Å²) in [5, 5.41) is 0. The highest BCUT2D eigenvalue weighted by Gasteiger charge is 2.32. The molecule has 0 aromatic rings. The molecule has 2 N–H and O–H groups in total. The van der Waals surface area contributed by atoms with Crippen molar-refractivity contribution in [1.82, 2.24) is 8.61 Å². The number of hydrogen-bond acceptors (Lipinski definition) is 3. The molecule has 1 saturated heterocycles. The third-order valence-corrected chi connectivity index (χ3v) is 5.51. The molecule has 1 heterocycles. The van der Waals surface area contributed by atoms with Crippen LogP contribution in [0.4, 0.5) is 0 Å². The summed E-state index contributed by atoms with van der Waals surface area (Å²) in [4.78, 5) is 0. The van der Waals surface area contributed by atoms with E-state index in [1.54, 1.807) is 4.31 Å². The minimum atomic E-state index is -3.32. The lowest BCUT2D eigenvalue weighted by molar-refractivity contribution is 0.254. The highest BCUT2D eigenvalue weighted by Crippen LogP contribution is 2.21. The Morgan fingerprint density at radius 1 is 1.35 bits per heavy atom. The van der Waals surface area contributed by atoms with E-state index in [0.717, 1.165) is 12.8 Å². The fourth-order valence-electron chi connectivity index (χ4n) is 2.13. The number of nitrogens with zero attached hydrogens (tertiary/aromatic N) is 2. The zero-order chi connectivity index (χ0) is 13.1. The first-order valence-corrected chi connectivity index (χ1v) is 7.76. The molecule has 1 rings (SSSR count). The van der Waals surface area contributed by atoms with E-state index in [0.29, 0.717) is 32.1 Å². The Labute approximate surface area is 105 Å². The van der Waals surface area contributed by atoms with Crippen LogP contribution in [0.2, 0.25) is 0 Å². The van der Waals surface area contributed by atoms with Gasteiger partial charge in [-0.25, -0.2) is 0 Å². The van der Waals surface area contributed by atoms with E-state index in [1.807, 2.05) is 13.8 Å². The minimum absolute atomic E-state index is 0.0390. The van der Waals surface area contributed by atoms with Gasteiger partial charge in [-0.15, -0.1) is 0 Å². The number of hydrogen-bond donors (Lipinski definition) is 1. The Hall–Kier alpha value is -0.170. The lowest BCUT2D eigenvalue weighted by atomic mass is 10.0. The smallest absolute Gasteiger partial charge is 0.282 e. The molecule has 0 aromatic heterocycles. The van der Waals surface area contributed by atoms with Crippen molar-refractivity contribution in [3.8, 4) is 0 Å². The van der Waals surface area contributed by atoms with Crippen molar-refractivity contribution in [1.29, 1.82) is 0 Å². The van der Waals surface area contributed by atoms with Crippen LogP contribution >= 0.6 is 0 Å². The second-order valence-corrected chi connectivity index (χ2v) is 6.96. The van der Waals surface area contributed by atoms with Crippen LogP contribution in [0.15, 0.2) is 0 Å². The molecule has 0 saturated carbocycles. The van der Waals surface area contributed by atoms with E-state index in [9.17, 15) is 8.42 Å². The van der Waals surface area contributed by atoms with E-state index in [1.165, 1.54) is 4.31 Å². The summed E-state index contributed by atoms with van der Waals surface area (Å²) >= 11 is 0. The first-order valence-electron chi connectivity index (χ1n) is 6.36. The average molecular weight is 263 g/mol. The summed E-state index contributed by atoms with van der Waals surface area (Å²) in [7, 11) is -3.32. The lowest BCUT2D eigenvalue weighted by Crippen LogP contribution is -2.50. The topological polar surface area (TPSA) is 66.6 Å². The van der Waals surface area contributed by atoms with Crippen molar-refractivity contribution in [3.05, 3.63) is 0 Å². The van der Waals surface area contributed by atoms with Crippen LogP contribution in [0, 0.1) is 5.92 Å². The molecular weight excluding hydrogens is 238 g/mol. The van der Waals surface area contributed by atoms with Crippen LogP contribution in [-0.2, 0) is 10.2 Å². The predicted molar refractivity (Wildman–Crippen MR) is 69.8 cm³/mol. The first-order chi connectivity index (χ1) is 7.89. The second-order valence-electron chi connectivity index (χ2n) is 5.08. The van der Waals surface area contributed by atoms with Crippen molar-refractivity contribution < 1.29 is 8.42 Å². The summed E-state index contributed by atoms with van der Waals surface area (Å²) in [6, 6.07) is -0.0390. The van der Waals surface area contributed by atoms with Crippen LogP contribution in [0.1, 0.15) is 33.6 Å². The zero-order valence-corrected chi connectivity index (χ0v) is 11.9. The summed E-state index contributed by atoms with van der Waals surface area (Å²) in [6.45, 7) is 7.98. The third kappa shape index (κ3) is 3.64. The molecule has 5 nitrogen and oxygen atoms in total. The fourth-order valence-corrected chi connectivity index (χ4v) is 3.97. The van der Waals surface area contributed by atoms with Crippen LogP contribution in [0.3, 0.4) is 0 Å². The summed E-state index contributed by atoms with van der Waals surface area (Å²) in [5.74, 6) is 0.628. The maximum atomic E-state index is 12.4. The maximum absolute atomic E-state index is 12.4. The molecule has 0 unspecified atom stereocenters. The highest BCUT2D eigenvalue weighted by atomic mass is 32.2. The van der Waals surface area contributed by atoms with Crippen molar-refractivity contribution in [2.45, 2.75) is 39.7 Å². The molecule has 0 aliphatic carbocycles. The third-order valence-electron chi connectivity index (χ3n) is 3.29. The molecule has 0 aromatic carbocycles. The van der Waals surface area contributed by atoms with Gasteiger partial charge in [0.2, 0.25) is 0 Å². The van der Waals surface area contributed by atoms with E-state index < -0.39 is 10.2 Å². The lowest BCUT2D eigenvalue weighted by Gasteiger charge is -2.35. The van der Waals surface area contributed by atoms with Crippen molar-refractivity contribution in [2.75, 3.05) is 26.2 Å². The quantitative estimate of drug-likeness (QED) is 0.791. The summed E-state index contributed by atoms with van der Waals surface area (Å²) in [6.07, 6.45) is 1.90. The molecule has 0 bridgehead atoms. The number of rotatable bonds is 5. The molecule has 102 valence electrons. The number of piperidine rings is 1. The van der Waals surface area contributed by atoms with Gasteiger partial charge in [0.25, 0.3) is 10.2 Å². The minimum Gasteiger partial charge on any atom is -0.329 e. The van der Waals surface area contributed by atoms with Gasteiger partial charge in [-0.1, -0.05) is 6.92 Å². The van der Waals surface area contributed by atoms with Crippen molar-refractivity contribution >= 4 is 10.2 Å². The predicted octanol–water partition coefficient (Wildman–Crippen LogP) is 0.632.